The molecule has 2 aliphatic rings. The van der Waals surface area contributed by atoms with E-state index < -0.39 is 0 Å². The van der Waals surface area contributed by atoms with Crippen LogP contribution in [0.1, 0.15) is 54.8 Å². The van der Waals surface area contributed by atoms with E-state index in [9.17, 15) is 4.79 Å². The molecule has 1 aromatic heterocycles. The summed E-state index contributed by atoms with van der Waals surface area (Å²) in [4.78, 5) is 20.3. The number of aryl methyl sites for hydroxylation is 1. The molecule has 1 aliphatic heterocycles. The monoisotopic (exact) mass is 336 g/mol. The molecule has 5 nitrogen and oxygen atoms in total. The van der Waals surface area contributed by atoms with Crippen molar-refractivity contribution in [3.63, 3.8) is 0 Å². The van der Waals surface area contributed by atoms with E-state index in [0.29, 0.717) is 12.6 Å². The third-order valence-corrected chi connectivity index (χ3v) is 6.17. The molecule has 2 amide bonds. The Hall–Kier alpha value is -1.14. The van der Waals surface area contributed by atoms with Crippen molar-refractivity contribution in [3.05, 3.63) is 16.1 Å². The van der Waals surface area contributed by atoms with E-state index in [1.54, 1.807) is 11.3 Å². The zero-order valence-electron chi connectivity index (χ0n) is 14.2. The Morgan fingerprint density at radius 2 is 2.22 bits per heavy atom. The topological polar surface area (TPSA) is 57.3 Å². The second-order valence-electron chi connectivity index (χ2n) is 6.98. The Morgan fingerprint density at radius 1 is 1.43 bits per heavy atom. The van der Waals surface area contributed by atoms with Crippen molar-refractivity contribution in [3.8, 4) is 0 Å². The number of carbonyl (C=O) groups excluding carboxylic acids is 1. The molecule has 2 fully saturated rings. The molecule has 1 aromatic rings. The molecule has 0 unspecified atom stereocenters. The normalized spacial score (nSPS) is 24.0. The van der Waals surface area contributed by atoms with E-state index in [4.69, 9.17) is 0 Å². The minimum absolute atomic E-state index is 0.0385. The summed E-state index contributed by atoms with van der Waals surface area (Å²) >= 11 is 1.71. The highest BCUT2D eigenvalue weighted by molar-refractivity contribution is 7.11. The van der Waals surface area contributed by atoms with Crippen LogP contribution in [0.2, 0.25) is 0 Å². The molecule has 1 aliphatic carbocycles. The van der Waals surface area contributed by atoms with Crippen LogP contribution in [0.25, 0.3) is 0 Å². The predicted molar refractivity (Wildman–Crippen MR) is 94.0 cm³/mol. The van der Waals surface area contributed by atoms with Crippen LogP contribution in [0.4, 0.5) is 4.79 Å². The molecule has 23 heavy (non-hydrogen) atoms. The van der Waals surface area contributed by atoms with E-state index >= 15 is 0 Å². The summed E-state index contributed by atoms with van der Waals surface area (Å²) in [6.07, 6.45) is 8.38. The Bertz CT molecular complexity index is 526. The fraction of sp³-hybridized carbons (Fsp3) is 0.765. The van der Waals surface area contributed by atoms with Crippen molar-refractivity contribution < 1.29 is 4.79 Å². The maximum Gasteiger partial charge on any atom is 0.315 e. The number of nitrogens with one attached hydrogen (secondary N) is 2. The molecule has 128 valence electrons. The van der Waals surface area contributed by atoms with Crippen LogP contribution in [0.15, 0.2) is 6.20 Å². The number of nitrogens with zero attached hydrogens (tertiary/aromatic N) is 2. The van der Waals surface area contributed by atoms with E-state index in [-0.39, 0.29) is 11.9 Å². The van der Waals surface area contributed by atoms with E-state index in [1.165, 1.54) is 30.6 Å². The van der Waals surface area contributed by atoms with Crippen molar-refractivity contribution in [2.24, 2.45) is 0 Å². The summed E-state index contributed by atoms with van der Waals surface area (Å²) < 4.78 is 0. The maximum atomic E-state index is 12.1. The molecule has 6 heteroatoms. The maximum absolute atomic E-state index is 12.1. The molecule has 2 atom stereocenters. The summed E-state index contributed by atoms with van der Waals surface area (Å²) in [7, 11) is 0. The Morgan fingerprint density at radius 3 is 2.91 bits per heavy atom. The predicted octanol–water partition coefficient (Wildman–Crippen LogP) is 2.87. The van der Waals surface area contributed by atoms with Gasteiger partial charge >= 0.3 is 6.03 Å². The van der Waals surface area contributed by atoms with Crippen LogP contribution >= 0.6 is 11.3 Å². The average Bonchev–Trinajstić information content (AvgIpc) is 3.25. The minimum atomic E-state index is -0.0385. The summed E-state index contributed by atoms with van der Waals surface area (Å²) in [5.41, 5.74) is 0. The first-order valence-electron chi connectivity index (χ1n) is 8.82. The lowest BCUT2D eigenvalue weighted by molar-refractivity contribution is 0.227. The Labute approximate surface area is 142 Å². The quantitative estimate of drug-likeness (QED) is 0.869. The average molecular weight is 337 g/mol. The largest absolute Gasteiger partial charge is 0.337 e. The molecular formula is C17H28N4OS. The van der Waals surface area contributed by atoms with Crippen molar-refractivity contribution >= 4 is 17.4 Å². The summed E-state index contributed by atoms with van der Waals surface area (Å²) in [5.74, 6) is 0.262. The zero-order chi connectivity index (χ0) is 16.2. The Balaban J connectivity index is 1.38. The van der Waals surface area contributed by atoms with Crippen LogP contribution in [0.3, 0.4) is 0 Å². The van der Waals surface area contributed by atoms with Gasteiger partial charge in [0.2, 0.25) is 0 Å². The van der Waals surface area contributed by atoms with Gasteiger partial charge in [0.1, 0.15) is 0 Å². The lowest BCUT2D eigenvalue weighted by Crippen LogP contribution is -2.45. The molecule has 1 saturated carbocycles. The fourth-order valence-electron chi connectivity index (χ4n) is 3.68. The van der Waals surface area contributed by atoms with Gasteiger partial charge in [-0.25, -0.2) is 9.78 Å². The molecule has 3 rings (SSSR count). The summed E-state index contributed by atoms with van der Waals surface area (Å²) in [5, 5.41) is 7.23. The third-order valence-electron chi connectivity index (χ3n) is 5.03. The molecule has 0 aromatic carbocycles. The molecule has 2 heterocycles. The second kappa shape index (κ2) is 7.62. The number of hydrogen-bond donors (Lipinski definition) is 2. The van der Waals surface area contributed by atoms with Gasteiger partial charge < -0.3 is 10.6 Å². The third kappa shape index (κ3) is 4.44. The smallest absolute Gasteiger partial charge is 0.315 e. The summed E-state index contributed by atoms with van der Waals surface area (Å²) in [6, 6.07) is 1.02. The van der Waals surface area contributed by atoms with E-state index in [1.807, 2.05) is 6.20 Å². The van der Waals surface area contributed by atoms with Gasteiger partial charge in [-0.15, -0.1) is 11.3 Å². The van der Waals surface area contributed by atoms with Crippen LogP contribution in [-0.4, -0.2) is 47.6 Å². The molecule has 1 saturated heterocycles. The van der Waals surface area contributed by atoms with Gasteiger partial charge in [0, 0.05) is 48.7 Å². The van der Waals surface area contributed by atoms with Crippen LogP contribution in [0.5, 0.6) is 0 Å². The number of rotatable bonds is 5. The number of carbonyl (C=O) groups is 1. The number of amides is 2. The van der Waals surface area contributed by atoms with Crippen molar-refractivity contribution in [2.45, 2.75) is 64.0 Å². The second-order valence-corrected chi connectivity index (χ2v) is 8.25. The lowest BCUT2D eigenvalue weighted by Gasteiger charge is -2.23. The number of hydrogen-bond acceptors (Lipinski definition) is 4. The Kier molecular flexibility index (Phi) is 5.54. The van der Waals surface area contributed by atoms with E-state index in [0.717, 1.165) is 30.6 Å². The van der Waals surface area contributed by atoms with Gasteiger partial charge in [-0.2, -0.15) is 0 Å². The highest BCUT2D eigenvalue weighted by Crippen LogP contribution is 2.26. The highest BCUT2D eigenvalue weighted by atomic mass is 32.1. The fourth-order valence-corrected chi connectivity index (χ4v) is 4.50. The molecule has 0 bridgehead atoms. The number of likely N-dealkylation sites (tertiary alicyclic amines) is 1. The molecule has 2 N–H and O–H groups in total. The number of thiazole rings is 1. The number of urea groups is 1. The van der Waals surface area contributed by atoms with Gasteiger partial charge in [0.15, 0.2) is 0 Å². The highest BCUT2D eigenvalue weighted by Gasteiger charge is 2.30. The standard InChI is InChI=1S/C17H28N4OS/c1-12(16-18-10-13(2)23-16)9-19-17(22)20-14-7-8-21(11-14)15-5-3-4-6-15/h10,12,14-15H,3-9,11H2,1-2H3,(H2,19,20,22)/t12-,14-/m0/s1. The van der Waals surface area contributed by atoms with Crippen molar-refractivity contribution in [2.75, 3.05) is 19.6 Å². The SMILES string of the molecule is Cc1cnc([C@@H](C)CNC(=O)N[C@H]2CCN(C3CCCC3)C2)s1. The van der Waals surface area contributed by atoms with Gasteiger partial charge in [-0.3, -0.25) is 4.90 Å². The van der Waals surface area contributed by atoms with Crippen molar-refractivity contribution in [1.29, 1.82) is 0 Å². The zero-order valence-corrected chi connectivity index (χ0v) is 15.0. The lowest BCUT2D eigenvalue weighted by atomic mass is 10.2. The first-order valence-corrected chi connectivity index (χ1v) is 9.64. The van der Waals surface area contributed by atoms with Gasteiger partial charge in [0.25, 0.3) is 0 Å². The van der Waals surface area contributed by atoms with Crippen LogP contribution < -0.4 is 10.6 Å². The summed E-state index contributed by atoms with van der Waals surface area (Å²) in [6.45, 7) is 6.95. The first-order chi connectivity index (χ1) is 11.1. The first kappa shape index (κ1) is 16.7. The van der Waals surface area contributed by atoms with Gasteiger partial charge in [0.05, 0.1) is 5.01 Å². The minimum Gasteiger partial charge on any atom is -0.337 e. The van der Waals surface area contributed by atoms with Crippen LogP contribution in [0, 0.1) is 6.92 Å². The molecular weight excluding hydrogens is 308 g/mol. The van der Waals surface area contributed by atoms with Crippen molar-refractivity contribution in [1.82, 2.24) is 20.5 Å². The van der Waals surface area contributed by atoms with E-state index in [2.05, 4.69) is 34.4 Å². The van der Waals surface area contributed by atoms with Gasteiger partial charge in [-0.05, 0) is 26.2 Å². The number of aromatic nitrogens is 1. The molecule has 0 radical (unpaired) electrons. The molecule has 0 spiro atoms. The van der Waals surface area contributed by atoms with Crippen LogP contribution in [-0.2, 0) is 0 Å². The van der Waals surface area contributed by atoms with Gasteiger partial charge in [-0.1, -0.05) is 19.8 Å².